The summed E-state index contributed by atoms with van der Waals surface area (Å²) in [4.78, 5) is 4.20. The van der Waals surface area contributed by atoms with E-state index in [0.717, 1.165) is 17.0 Å². The van der Waals surface area contributed by atoms with Gasteiger partial charge in [-0.05, 0) is 38.1 Å². The van der Waals surface area contributed by atoms with Crippen LogP contribution in [0.15, 0.2) is 29.3 Å². The second kappa shape index (κ2) is 4.41. The molecule has 0 spiro atoms. The molecule has 1 aliphatic rings. The number of halogens is 1. The maximum atomic E-state index is 5.81. The van der Waals surface area contributed by atoms with Gasteiger partial charge in [-0.15, -0.1) is 11.6 Å². The summed E-state index contributed by atoms with van der Waals surface area (Å²) in [5, 5.41) is 0. The molecule has 1 aromatic carbocycles. The number of ether oxygens (including phenoxy) is 1. The SMILES string of the molecule is CC1(C)C=Cc2cc(N=C(N)CCl)ccc2O1. The molecule has 1 aromatic rings. The quantitative estimate of drug-likeness (QED) is 0.498. The van der Waals surface area contributed by atoms with Gasteiger partial charge in [0.05, 0.1) is 11.6 Å². The van der Waals surface area contributed by atoms with Gasteiger partial charge in [-0.3, -0.25) is 0 Å². The molecule has 0 aromatic heterocycles. The first-order chi connectivity index (χ1) is 8.00. The van der Waals surface area contributed by atoms with Gasteiger partial charge in [-0.25, -0.2) is 4.99 Å². The third-order valence-electron chi connectivity index (χ3n) is 2.44. The highest BCUT2D eigenvalue weighted by Gasteiger charge is 2.21. The van der Waals surface area contributed by atoms with E-state index in [-0.39, 0.29) is 11.5 Å². The van der Waals surface area contributed by atoms with Crippen LogP contribution in [0.5, 0.6) is 5.75 Å². The molecule has 0 fully saturated rings. The minimum atomic E-state index is -0.257. The van der Waals surface area contributed by atoms with Crippen LogP contribution in [0, 0.1) is 0 Å². The number of amidine groups is 1. The second-order valence-corrected chi connectivity index (χ2v) is 4.77. The van der Waals surface area contributed by atoms with Crippen LogP contribution in [0.4, 0.5) is 5.69 Å². The Kier molecular flexibility index (Phi) is 3.11. The molecule has 0 amide bonds. The molecule has 1 heterocycles. The summed E-state index contributed by atoms with van der Waals surface area (Å²) >= 11 is 5.59. The Morgan fingerprint density at radius 3 is 2.94 bits per heavy atom. The van der Waals surface area contributed by atoms with Crippen molar-refractivity contribution < 1.29 is 4.74 Å². The fourth-order valence-electron chi connectivity index (χ4n) is 1.63. The molecule has 2 rings (SSSR count). The molecular weight excluding hydrogens is 236 g/mol. The summed E-state index contributed by atoms with van der Waals surface area (Å²) < 4.78 is 5.81. The maximum absolute atomic E-state index is 5.81. The van der Waals surface area contributed by atoms with E-state index >= 15 is 0 Å². The Labute approximate surface area is 106 Å². The maximum Gasteiger partial charge on any atom is 0.127 e. The van der Waals surface area contributed by atoms with Gasteiger partial charge in [0.25, 0.3) is 0 Å². The van der Waals surface area contributed by atoms with Crippen molar-refractivity contribution in [3.8, 4) is 5.75 Å². The molecule has 90 valence electrons. The fraction of sp³-hybridized carbons (Fsp3) is 0.308. The molecule has 0 radical (unpaired) electrons. The van der Waals surface area contributed by atoms with Crippen LogP contribution >= 0.6 is 11.6 Å². The molecule has 0 atom stereocenters. The Morgan fingerprint density at radius 2 is 2.24 bits per heavy atom. The van der Waals surface area contributed by atoms with Crippen LogP contribution in [0.3, 0.4) is 0 Å². The van der Waals surface area contributed by atoms with Gasteiger partial charge in [0.1, 0.15) is 17.2 Å². The molecule has 0 bridgehead atoms. The van der Waals surface area contributed by atoms with Crippen LogP contribution in [0.2, 0.25) is 0 Å². The third-order valence-corrected chi connectivity index (χ3v) is 2.71. The number of fused-ring (bicyclic) bond motifs is 1. The van der Waals surface area contributed by atoms with Crippen LogP contribution in [-0.4, -0.2) is 17.3 Å². The molecule has 3 nitrogen and oxygen atoms in total. The first-order valence-electron chi connectivity index (χ1n) is 5.41. The second-order valence-electron chi connectivity index (χ2n) is 4.50. The first-order valence-corrected chi connectivity index (χ1v) is 5.95. The molecule has 0 unspecified atom stereocenters. The minimum Gasteiger partial charge on any atom is -0.483 e. The number of nitrogens with two attached hydrogens (primary N) is 1. The smallest absolute Gasteiger partial charge is 0.127 e. The number of benzene rings is 1. The fourth-order valence-corrected chi connectivity index (χ4v) is 1.69. The number of hydrogen-bond acceptors (Lipinski definition) is 2. The molecule has 17 heavy (non-hydrogen) atoms. The summed E-state index contributed by atoms with van der Waals surface area (Å²) in [6.07, 6.45) is 4.06. The van der Waals surface area contributed by atoms with Gasteiger partial charge in [-0.2, -0.15) is 0 Å². The largest absolute Gasteiger partial charge is 0.483 e. The van der Waals surface area contributed by atoms with Gasteiger partial charge >= 0.3 is 0 Å². The standard InChI is InChI=1S/C13H15ClN2O/c1-13(2)6-5-9-7-10(16-12(15)8-14)3-4-11(9)17-13/h3-7H,8H2,1-2H3,(H2,15,16). The predicted octanol–water partition coefficient (Wildman–Crippen LogP) is 3.10. The lowest BCUT2D eigenvalue weighted by molar-refractivity contribution is 0.159. The van der Waals surface area contributed by atoms with E-state index in [1.165, 1.54) is 0 Å². The van der Waals surface area contributed by atoms with E-state index in [1.54, 1.807) is 0 Å². The van der Waals surface area contributed by atoms with Crippen LogP contribution in [0.25, 0.3) is 6.08 Å². The lowest BCUT2D eigenvalue weighted by Crippen LogP contribution is -2.27. The van der Waals surface area contributed by atoms with Crippen molar-refractivity contribution in [3.63, 3.8) is 0 Å². The van der Waals surface area contributed by atoms with Gasteiger partial charge in [-0.1, -0.05) is 6.08 Å². The minimum absolute atomic E-state index is 0.233. The van der Waals surface area contributed by atoms with Gasteiger partial charge in [0, 0.05) is 5.56 Å². The van der Waals surface area contributed by atoms with Gasteiger partial charge in [0.15, 0.2) is 0 Å². The Morgan fingerprint density at radius 1 is 1.47 bits per heavy atom. The normalized spacial score (nSPS) is 17.5. The highest BCUT2D eigenvalue weighted by Crippen LogP contribution is 2.33. The van der Waals surface area contributed by atoms with E-state index < -0.39 is 0 Å². The van der Waals surface area contributed by atoms with E-state index in [1.807, 2.05) is 44.2 Å². The van der Waals surface area contributed by atoms with E-state index in [0.29, 0.717) is 5.84 Å². The zero-order valence-corrected chi connectivity index (χ0v) is 10.7. The Hall–Kier alpha value is -1.48. The molecule has 0 saturated heterocycles. The van der Waals surface area contributed by atoms with Gasteiger partial charge in [0.2, 0.25) is 0 Å². The third kappa shape index (κ3) is 2.80. The van der Waals surface area contributed by atoms with E-state index in [4.69, 9.17) is 22.1 Å². The zero-order valence-electron chi connectivity index (χ0n) is 9.90. The summed E-state index contributed by atoms with van der Waals surface area (Å²) in [6.45, 7) is 4.04. The lowest BCUT2D eigenvalue weighted by atomic mass is 10.0. The monoisotopic (exact) mass is 250 g/mol. The highest BCUT2D eigenvalue weighted by atomic mass is 35.5. The average Bonchev–Trinajstić information content (AvgIpc) is 2.28. The van der Waals surface area contributed by atoms with Crippen molar-refractivity contribution in [2.24, 2.45) is 10.7 Å². The summed E-state index contributed by atoms with van der Waals surface area (Å²) in [5.74, 6) is 1.50. The van der Waals surface area contributed by atoms with E-state index in [2.05, 4.69) is 4.99 Å². The summed E-state index contributed by atoms with van der Waals surface area (Å²) in [6, 6.07) is 5.70. The Balaban J connectivity index is 2.34. The summed E-state index contributed by atoms with van der Waals surface area (Å²) in [7, 11) is 0. The van der Waals surface area contributed by atoms with Crippen LogP contribution in [-0.2, 0) is 0 Å². The average molecular weight is 251 g/mol. The number of nitrogens with zero attached hydrogens (tertiary/aromatic N) is 1. The van der Waals surface area contributed by atoms with Crippen LogP contribution in [0.1, 0.15) is 19.4 Å². The number of alkyl halides is 1. The molecule has 4 heteroatoms. The van der Waals surface area contributed by atoms with E-state index in [9.17, 15) is 0 Å². The van der Waals surface area contributed by atoms with Crippen molar-refractivity contribution >= 4 is 29.2 Å². The lowest BCUT2D eigenvalue weighted by Gasteiger charge is -2.27. The number of hydrogen-bond donors (Lipinski definition) is 1. The molecule has 0 aliphatic carbocycles. The van der Waals surface area contributed by atoms with Crippen molar-refractivity contribution in [1.82, 2.24) is 0 Å². The molecular formula is C13H15ClN2O. The molecule has 1 aliphatic heterocycles. The number of rotatable bonds is 2. The summed E-state index contributed by atoms with van der Waals surface area (Å²) in [5.41, 5.74) is 7.13. The van der Waals surface area contributed by atoms with Gasteiger partial charge < -0.3 is 10.5 Å². The predicted molar refractivity (Wildman–Crippen MR) is 72.2 cm³/mol. The van der Waals surface area contributed by atoms with Crippen molar-refractivity contribution in [2.45, 2.75) is 19.4 Å². The molecule has 0 saturated carbocycles. The van der Waals surface area contributed by atoms with Crippen molar-refractivity contribution in [2.75, 3.05) is 5.88 Å². The Bertz CT molecular complexity index is 492. The highest BCUT2D eigenvalue weighted by molar-refractivity contribution is 6.28. The topological polar surface area (TPSA) is 47.6 Å². The van der Waals surface area contributed by atoms with Crippen LogP contribution < -0.4 is 10.5 Å². The number of aliphatic imine (C=N–C) groups is 1. The van der Waals surface area contributed by atoms with Crippen molar-refractivity contribution in [1.29, 1.82) is 0 Å². The first kappa shape index (κ1) is 12.0. The zero-order chi connectivity index (χ0) is 12.5. The van der Waals surface area contributed by atoms with Crippen molar-refractivity contribution in [3.05, 3.63) is 29.8 Å². The molecule has 2 N–H and O–H groups in total.